The summed E-state index contributed by atoms with van der Waals surface area (Å²) in [6.45, 7) is 2.28. The Labute approximate surface area is 162 Å². The highest BCUT2D eigenvalue weighted by atomic mass is 35.5. The van der Waals surface area contributed by atoms with E-state index in [2.05, 4.69) is 0 Å². The van der Waals surface area contributed by atoms with Gasteiger partial charge in [-0.2, -0.15) is 0 Å². The van der Waals surface area contributed by atoms with Gasteiger partial charge in [0, 0.05) is 23.6 Å². The summed E-state index contributed by atoms with van der Waals surface area (Å²) < 4.78 is 33.7. The van der Waals surface area contributed by atoms with Crippen LogP contribution in [0.1, 0.15) is 36.8 Å². The second-order valence-corrected chi connectivity index (χ2v) is 6.69. The molecule has 2 aromatic carbocycles. The topological polar surface area (TPSA) is 58.6 Å². The normalized spacial score (nSPS) is 13.2. The molecule has 0 aromatic heterocycles. The number of carbonyl (C=O) groups is 1. The number of hydrogen-bond donors (Lipinski definition) is 2. The van der Waals surface area contributed by atoms with Crippen LogP contribution in [0.3, 0.4) is 0 Å². The number of ether oxygens (including phenoxy) is 1. The molecule has 2 N–H and O–H groups in total. The molecule has 2 aromatic rings. The van der Waals surface area contributed by atoms with Gasteiger partial charge in [-0.15, -0.1) is 0 Å². The molecule has 0 aliphatic carbocycles. The van der Waals surface area contributed by atoms with E-state index in [0.29, 0.717) is 24.5 Å². The summed E-state index contributed by atoms with van der Waals surface area (Å²) in [6, 6.07) is 10.4. The van der Waals surface area contributed by atoms with Gasteiger partial charge in [-0.25, -0.2) is 14.3 Å². The van der Waals surface area contributed by atoms with E-state index >= 15 is 0 Å². The molecule has 0 radical (unpaired) electrons. The first-order valence-electron chi connectivity index (χ1n) is 8.68. The van der Waals surface area contributed by atoms with E-state index in [9.17, 15) is 13.6 Å². The SMILES string of the molecule is CCCO[C@H](CC(=O)NO)[C@H](Cc1ccc(Cl)cc1)c1ccc(F)cc1F. The minimum Gasteiger partial charge on any atom is -0.377 e. The van der Waals surface area contributed by atoms with Crippen molar-refractivity contribution in [3.8, 4) is 0 Å². The van der Waals surface area contributed by atoms with Crippen molar-refractivity contribution in [1.29, 1.82) is 0 Å². The molecule has 0 spiro atoms. The molecule has 0 bridgehead atoms. The van der Waals surface area contributed by atoms with Gasteiger partial charge >= 0.3 is 0 Å². The zero-order valence-corrected chi connectivity index (χ0v) is 15.7. The van der Waals surface area contributed by atoms with Crippen LogP contribution in [0.2, 0.25) is 5.02 Å². The highest BCUT2D eigenvalue weighted by Gasteiger charge is 2.29. The predicted molar refractivity (Wildman–Crippen MR) is 98.8 cm³/mol. The van der Waals surface area contributed by atoms with E-state index in [4.69, 9.17) is 21.5 Å². The van der Waals surface area contributed by atoms with E-state index < -0.39 is 29.6 Å². The highest BCUT2D eigenvalue weighted by molar-refractivity contribution is 6.30. The molecule has 146 valence electrons. The summed E-state index contributed by atoms with van der Waals surface area (Å²) in [4.78, 5) is 11.7. The van der Waals surface area contributed by atoms with Crippen LogP contribution < -0.4 is 5.48 Å². The van der Waals surface area contributed by atoms with E-state index in [1.807, 2.05) is 6.92 Å². The molecular formula is C20H22ClF2NO3. The van der Waals surface area contributed by atoms with Crippen molar-refractivity contribution in [2.45, 2.75) is 38.2 Å². The Morgan fingerprint density at radius 3 is 2.52 bits per heavy atom. The maximum atomic E-state index is 14.5. The van der Waals surface area contributed by atoms with Crippen molar-refractivity contribution in [3.05, 3.63) is 70.2 Å². The fraction of sp³-hybridized carbons (Fsp3) is 0.350. The minimum atomic E-state index is -0.705. The maximum absolute atomic E-state index is 14.5. The van der Waals surface area contributed by atoms with Gasteiger partial charge < -0.3 is 4.74 Å². The molecule has 0 heterocycles. The molecule has 0 unspecified atom stereocenters. The monoisotopic (exact) mass is 397 g/mol. The lowest BCUT2D eigenvalue weighted by Gasteiger charge is -2.28. The lowest BCUT2D eigenvalue weighted by atomic mass is 9.85. The predicted octanol–water partition coefficient (Wildman–Crippen LogP) is 4.64. The van der Waals surface area contributed by atoms with E-state index in [1.54, 1.807) is 29.7 Å². The molecule has 2 rings (SSSR count). The number of hydroxylamine groups is 1. The molecular weight excluding hydrogens is 376 g/mol. The first-order chi connectivity index (χ1) is 12.9. The lowest BCUT2D eigenvalue weighted by Crippen LogP contribution is -2.32. The van der Waals surface area contributed by atoms with Crippen molar-refractivity contribution < 1.29 is 23.5 Å². The third-order valence-electron chi connectivity index (χ3n) is 4.23. The fourth-order valence-electron chi connectivity index (χ4n) is 2.93. The zero-order valence-electron chi connectivity index (χ0n) is 14.9. The van der Waals surface area contributed by atoms with E-state index in [0.717, 1.165) is 11.6 Å². The molecule has 27 heavy (non-hydrogen) atoms. The Bertz CT molecular complexity index is 755. The van der Waals surface area contributed by atoms with Crippen LogP contribution in [-0.4, -0.2) is 23.8 Å². The molecule has 0 fully saturated rings. The summed E-state index contributed by atoms with van der Waals surface area (Å²) in [6.07, 6.45) is 0.197. The Kier molecular flexibility index (Phi) is 8.16. The van der Waals surface area contributed by atoms with Gasteiger partial charge in [-0.1, -0.05) is 36.7 Å². The van der Waals surface area contributed by atoms with Crippen LogP contribution in [-0.2, 0) is 16.0 Å². The Hall–Kier alpha value is -2.02. The quantitative estimate of drug-likeness (QED) is 0.479. The number of nitrogens with one attached hydrogen (secondary N) is 1. The molecule has 0 aliphatic rings. The van der Waals surface area contributed by atoms with Crippen LogP contribution in [0.5, 0.6) is 0 Å². The van der Waals surface area contributed by atoms with Gasteiger partial charge in [0.05, 0.1) is 12.5 Å². The minimum absolute atomic E-state index is 0.161. The van der Waals surface area contributed by atoms with Crippen molar-refractivity contribution >= 4 is 17.5 Å². The second-order valence-electron chi connectivity index (χ2n) is 6.25. The van der Waals surface area contributed by atoms with Crippen molar-refractivity contribution in [2.75, 3.05) is 6.61 Å². The molecule has 0 aliphatic heterocycles. The lowest BCUT2D eigenvalue weighted by molar-refractivity contribution is -0.132. The van der Waals surface area contributed by atoms with Crippen molar-refractivity contribution in [2.24, 2.45) is 0 Å². The standard InChI is InChI=1S/C20H22ClF2NO3/c1-2-9-27-19(12-20(25)24-26)17(10-13-3-5-14(21)6-4-13)16-8-7-15(22)11-18(16)23/h3-8,11,17,19,26H,2,9-10,12H2,1H3,(H,24,25)/t17-,19-/m1/s1. The van der Waals surface area contributed by atoms with Gasteiger partial charge in [-0.3, -0.25) is 10.0 Å². The average molecular weight is 398 g/mol. The third kappa shape index (κ3) is 6.27. The van der Waals surface area contributed by atoms with Crippen LogP contribution >= 0.6 is 11.6 Å². The zero-order chi connectivity index (χ0) is 19.8. The summed E-state index contributed by atoms with van der Waals surface area (Å²) in [7, 11) is 0. The molecule has 4 nitrogen and oxygen atoms in total. The largest absolute Gasteiger partial charge is 0.377 e. The van der Waals surface area contributed by atoms with Crippen LogP contribution in [0.25, 0.3) is 0 Å². The van der Waals surface area contributed by atoms with Crippen LogP contribution in [0, 0.1) is 11.6 Å². The number of amides is 1. The van der Waals surface area contributed by atoms with Gasteiger partial charge in [-0.05, 0) is 42.2 Å². The number of halogens is 3. The number of hydrogen-bond acceptors (Lipinski definition) is 3. The highest BCUT2D eigenvalue weighted by Crippen LogP contribution is 2.31. The first-order valence-corrected chi connectivity index (χ1v) is 9.06. The fourth-order valence-corrected chi connectivity index (χ4v) is 3.06. The molecule has 0 saturated heterocycles. The number of benzene rings is 2. The maximum Gasteiger partial charge on any atom is 0.245 e. The Balaban J connectivity index is 2.40. The Morgan fingerprint density at radius 1 is 1.22 bits per heavy atom. The summed E-state index contributed by atoms with van der Waals surface area (Å²) >= 11 is 5.92. The number of rotatable bonds is 9. The molecule has 0 saturated carbocycles. The summed E-state index contributed by atoms with van der Waals surface area (Å²) in [5.74, 6) is -2.58. The summed E-state index contributed by atoms with van der Waals surface area (Å²) in [5, 5.41) is 9.45. The van der Waals surface area contributed by atoms with Gasteiger partial charge in [0.15, 0.2) is 0 Å². The van der Waals surface area contributed by atoms with E-state index in [1.165, 1.54) is 12.1 Å². The van der Waals surface area contributed by atoms with Crippen molar-refractivity contribution in [3.63, 3.8) is 0 Å². The third-order valence-corrected chi connectivity index (χ3v) is 4.48. The van der Waals surface area contributed by atoms with Gasteiger partial charge in [0.2, 0.25) is 5.91 Å². The Morgan fingerprint density at radius 2 is 1.93 bits per heavy atom. The molecule has 7 heteroatoms. The molecule has 1 amide bonds. The molecule has 2 atom stereocenters. The smallest absolute Gasteiger partial charge is 0.245 e. The second kappa shape index (κ2) is 10.3. The van der Waals surface area contributed by atoms with Gasteiger partial charge in [0.25, 0.3) is 0 Å². The van der Waals surface area contributed by atoms with E-state index in [-0.39, 0.29) is 12.0 Å². The van der Waals surface area contributed by atoms with Crippen LogP contribution in [0.4, 0.5) is 8.78 Å². The van der Waals surface area contributed by atoms with Crippen molar-refractivity contribution in [1.82, 2.24) is 5.48 Å². The van der Waals surface area contributed by atoms with Gasteiger partial charge in [0.1, 0.15) is 11.6 Å². The summed E-state index contributed by atoms with van der Waals surface area (Å²) in [5.41, 5.74) is 2.70. The first kappa shape index (κ1) is 21.3. The number of carbonyl (C=O) groups excluding carboxylic acids is 1. The van der Waals surface area contributed by atoms with Crippen LogP contribution in [0.15, 0.2) is 42.5 Å². The average Bonchev–Trinajstić information content (AvgIpc) is 2.65.